The predicted octanol–water partition coefficient (Wildman–Crippen LogP) is 1.86. The Morgan fingerprint density at radius 1 is 1.14 bits per heavy atom. The lowest BCUT2D eigenvalue weighted by Gasteiger charge is -2.22. The zero-order valence-electron chi connectivity index (χ0n) is 8.69. The molecule has 74 valence electrons. The summed E-state index contributed by atoms with van der Waals surface area (Å²) in [6.45, 7) is 6.06. The monoisotopic (exact) mass is 190 g/mol. The third-order valence-electron chi connectivity index (χ3n) is 2.32. The zero-order chi connectivity index (χ0) is 10.3. The molecule has 0 aliphatic heterocycles. The summed E-state index contributed by atoms with van der Waals surface area (Å²) < 4.78 is 3.59. The molecule has 0 unspecified atom stereocenters. The van der Waals surface area contributed by atoms with Crippen LogP contribution in [0.1, 0.15) is 20.8 Å². The fraction of sp³-hybridized carbons (Fsp3) is 0.364. The van der Waals surface area contributed by atoms with Crippen molar-refractivity contribution >= 4 is 5.52 Å². The third kappa shape index (κ3) is 1.25. The number of fused-ring (bicyclic) bond motifs is 1. The van der Waals surface area contributed by atoms with Crippen molar-refractivity contribution in [3.63, 3.8) is 0 Å². The summed E-state index contributed by atoms with van der Waals surface area (Å²) in [7, 11) is 0. The summed E-state index contributed by atoms with van der Waals surface area (Å²) in [5.74, 6) is 0. The Hall–Kier alpha value is -1.51. The molecule has 0 radical (unpaired) electrons. The van der Waals surface area contributed by atoms with E-state index >= 15 is 0 Å². The minimum atomic E-state index is -0.164. The van der Waals surface area contributed by atoms with Gasteiger partial charge in [-0.3, -0.25) is 4.79 Å². The predicted molar refractivity (Wildman–Crippen MR) is 56.7 cm³/mol. The van der Waals surface area contributed by atoms with E-state index in [1.165, 1.54) is 0 Å². The van der Waals surface area contributed by atoms with Crippen molar-refractivity contribution in [2.24, 2.45) is 0 Å². The molecule has 2 aromatic heterocycles. The van der Waals surface area contributed by atoms with Crippen molar-refractivity contribution in [2.75, 3.05) is 0 Å². The van der Waals surface area contributed by atoms with E-state index in [1.54, 1.807) is 4.57 Å². The molecule has 2 aromatic rings. The molecule has 14 heavy (non-hydrogen) atoms. The van der Waals surface area contributed by atoms with Gasteiger partial charge in [-0.25, -0.2) is 0 Å². The molecule has 3 nitrogen and oxygen atoms in total. The average Bonchev–Trinajstić information content (AvgIpc) is 2.50. The second kappa shape index (κ2) is 2.74. The Morgan fingerprint density at radius 3 is 2.50 bits per heavy atom. The smallest absolute Gasteiger partial charge is 0.275 e. The van der Waals surface area contributed by atoms with Crippen LogP contribution in [0.15, 0.2) is 35.5 Å². The number of rotatable bonds is 0. The normalized spacial score (nSPS) is 12.2. The van der Waals surface area contributed by atoms with Gasteiger partial charge in [0.2, 0.25) is 0 Å². The van der Waals surface area contributed by atoms with Crippen molar-refractivity contribution in [1.82, 2.24) is 8.97 Å². The molecule has 0 N–H and O–H groups in total. The Kier molecular flexibility index (Phi) is 1.77. The number of nitrogens with zero attached hydrogens (tertiary/aromatic N) is 2. The highest BCUT2D eigenvalue weighted by Gasteiger charge is 2.15. The molecule has 0 bridgehead atoms. The van der Waals surface area contributed by atoms with Gasteiger partial charge in [0.1, 0.15) is 5.52 Å². The first kappa shape index (κ1) is 9.06. The van der Waals surface area contributed by atoms with Gasteiger partial charge in [0.05, 0.1) is 0 Å². The van der Waals surface area contributed by atoms with Gasteiger partial charge in [0.15, 0.2) is 0 Å². The number of hydrogen-bond donors (Lipinski definition) is 0. The molecular weight excluding hydrogens is 176 g/mol. The van der Waals surface area contributed by atoms with Crippen LogP contribution in [0.3, 0.4) is 0 Å². The second-order valence-electron chi connectivity index (χ2n) is 4.44. The zero-order valence-corrected chi connectivity index (χ0v) is 8.69. The maximum Gasteiger partial charge on any atom is 0.275 e. The number of hydrogen-bond acceptors (Lipinski definition) is 1. The fourth-order valence-electron chi connectivity index (χ4n) is 1.56. The molecule has 0 spiro atoms. The third-order valence-corrected chi connectivity index (χ3v) is 2.32. The van der Waals surface area contributed by atoms with Crippen molar-refractivity contribution in [3.8, 4) is 0 Å². The van der Waals surface area contributed by atoms with Crippen LogP contribution in [0.4, 0.5) is 0 Å². The lowest BCUT2D eigenvalue weighted by atomic mass is 10.1. The summed E-state index contributed by atoms with van der Waals surface area (Å²) >= 11 is 0. The highest BCUT2D eigenvalue weighted by molar-refractivity contribution is 5.45. The maximum absolute atomic E-state index is 12.0. The summed E-state index contributed by atoms with van der Waals surface area (Å²) in [5.41, 5.74) is 0.621. The van der Waals surface area contributed by atoms with E-state index < -0.39 is 0 Å². The minimum Gasteiger partial charge on any atom is -0.318 e. The van der Waals surface area contributed by atoms with Gasteiger partial charge < -0.3 is 8.97 Å². The van der Waals surface area contributed by atoms with Gasteiger partial charge >= 0.3 is 0 Å². The van der Waals surface area contributed by atoms with E-state index in [0.29, 0.717) is 0 Å². The SMILES string of the molecule is CC(C)(C)n1ccn2cccc2c1=O. The quantitative estimate of drug-likeness (QED) is 0.622. The maximum atomic E-state index is 12.0. The molecule has 3 heteroatoms. The van der Waals surface area contributed by atoms with Crippen LogP contribution in [-0.2, 0) is 5.54 Å². The first-order valence-corrected chi connectivity index (χ1v) is 4.69. The van der Waals surface area contributed by atoms with Crippen molar-refractivity contribution in [2.45, 2.75) is 26.3 Å². The minimum absolute atomic E-state index is 0.0602. The van der Waals surface area contributed by atoms with Gasteiger partial charge in [-0.2, -0.15) is 0 Å². The molecule has 2 heterocycles. The van der Waals surface area contributed by atoms with Crippen molar-refractivity contribution in [3.05, 3.63) is 41.1 Å². The van der Waals surface area contributed by atoms with E-state index in [4.69, 9.17) is 0 Å². The topological polar surface area (TPSA) is 26.4 Å². The van der Waals surface area contributed by atoms with E-state index in [2.05, 4.69) is 0 Å². The van der Waals surface area contributed by atoms with Crippen molar-refractivity contribution in [1.29, 1.82) is 0 Å². The molecular formula is C11H14N2O. The summed E-state index contributed by atoms with van der Waals surface area (Å²) in [4.78, 5) is 12.0. The van der Waals surface area contributed by atoms with Crippen LogP contribution in [0.2, 0.25) is 0 Å². The van der Waals surface area contributed by atoms with Crippen LogP contribution in [-0.4, -0.2) is 8.97 Å². The molecule has 0 saturated carbocycles. The largest absolute Gasteiger partial charge is 0.318 e. The van der Waals surface area contributed by atoms with Crippen LogP contribution >= 0.6 is 0 Å². The summed E-state index contributed by atoms with van der Waals surface area (Å²) in [6.07, 6.45) is 5.61. The number of aromatic nitrogens is 2. The van der Waals surface area contributed by atoms with Gasteiger partial charge in [0, 0.05) is 24.1 Å². The van der Waals surface area contributed by atoms with Crippen LogP contribution in [0.25, 0.3) is 5.52 Å². The molecule has 0 aliphatic rings. The van der Waals surface area contributed by atoms with Gasteiger partial charge in [-0.05, 0) is 32.9 Å². The standard InChI is InChI=1S/C11H14N2O/c1-11(2,3)13-8-7-12-6-4-5-9(12)10(13)14/h4-8H,1-3H3. The first-order chi connectivity index (χ1) is 6.50. The highest BCUT2D eigenvalue weighted by atomic mass is 16.1. The van der Waals surface area contributed by atoms with Crippen LogP contribution in [0.5, 0.6) is 0 Å². The summed E-state index contributed by atoms with van der Waals surface area (Å²) in [5, 5.41) is 0. The van der Waals surface area contributed by atoms with E-state index in [0.717, 1.165) is 5.52 Å². The molecule has 0 aliphatic carbocycles. The highest BCUT2D eigenvalue weighted by Crippen LogP contribution is 2.11. The average molecular weight is 190 g/mol. The molecule has 0 aromatic carbocycles. The lowest BCUT2D eigenvalue weighted by Crippen LogP contribution is -2.33. The van der Waals surface area contributed by atoms with E-state index in [1.807, 2.05) is 55.9 Å². The second-order valence-corrected chi connectivity index (χ2v) is 4.44. The van der Waals surface area contributed by atoms with Gasteiger partial charge in [0.25, 0.3) is 5.56 Å². The van der Waals surface area contributed by atoms with Crippen LogP contribution in [0, 0.1) is 0 Å². The van der Waals surface area contributed by atoms with Crippen molar-refractivity contribution < 1.29 is 0 Å². The van der Waals surface area contributed by atoms with E-state index in [-0.39, 0.29) is 11.1 Å². The first-order valence-electron chi connectivity index (χ1n) is 4.69. The Labute approximate surface area is 82.6 Å². The van der Waals surface area contributed by atoms with E-state index in [9.17, 15) is 4.79 Å². The molecule has 0 amide bonds. The van der Waals surface area contributed by atoms with Gasteiger partial charge in [-0.1, -0.05) is 0 Å². The molecule has 0 fully saturated rings. The fourth-order valence-corrected chi connectivity index (χ4v) is 1.56. The van der Waals surface area contributed by atoms with Crippen LogP contribution < -0.4 is 5.56 Å². The molecule has 0 saturated heterocycles. The lowest BCUT2D eigenvalue weighted by molar-refractivity contribution is 0.384. The summed E-state index contributed by atoms with van der Waals surface area (Å²) in [6, 6.07) is 3.72. The molecule has 0 atom stereocenters. The Bertz CT molecular complexity index is 514. The Morgan fingerprint density at radius 2 is 1.86 bits per heavy atom. The van der Waals surface area contributed by atoms with Gasteiger partial charge in [-0.15, -0.1) is 0 Å². The molecule has 2 rings (SSSR count). The Balaban J connectivity index is 2.81.